The highest BCUT2D eigenvalue weighted by molar-refractivity contribution is 5.67. The van der Waals surface area contributed by atoms with Crippen molar-refractivity contribution >= 4 is 5.57 Å². The molecule has 0 saturated heterocycles. The van der Waals surface area contributed by atoms with Gasteiger partial charge < -0.3 is 5.11 Å². The molecule has 1 nitrogen and oxygen atoms in total. The van der Waals surface area contributed by atoms with Gasteiger partial charge >= 0.3 is 0 Å². The van der Waals surface area contributed by atoms with Gasteiger partial charge in [-0.05, 0) is 22.1 Å². The van der Waals surface area contributed by atoms with E-state index in [9.17, 15) is 0 Å². The molecule has 0 amide bonds. The highest BCUT2D eigenvalue weighted by atomic mass is 16.3. The topological polar surface area (TPSA) is 20.2 Å². The van der Waals surface area contributed by atoms with Crippen LogP contribution in [0.2, 0.25) is 0 Å². The van der Waals surface area contributed by atoms with Gasteiger partial charge in [0.25, 0.3) is 0 Å². The summed E-state index contributed by atoms with van der Waals surface area (Å²) in [6.45, 7) is 10.4. The van der Waals surface area contributed by atoms with E-state index in [4.69, 9.17) is 5.11 Å². The van der Waals surface area contributed by atoms with E-state index in [1.54, 1.807) is 0 Å². The predicted molar refractivity (Wildman–Crippen MR) is 61.3 cm³/mol. The predicted octanol–water partition coefficient (Wildman–Crippen LogP) is 2.99. The van der Waals surface area contributed by atoms with Crippen LogP contribution >= 0.6 is 0 Å². The molecule has 0 radical (unpaired) electrons. The van der Waals surface area contributed by atoms with Crippen molar-refractivity contribution in [2.45, 2.75) is 26.2 Å². The maximum Gasteiger partial charge on any atom is 0.0682 e. The van der Waals surface area contributed by atoms with Crippen LogP contribution < -0.4 is 0 Å². The monoisotopic (exact) mass is 190 g/mol. The van der Waals surface area contributed by atoms with E-state index in [-0.39, 0.29) is 12.0 Å². The van der Waals surface area contributed by atoms with Gasteiger partial charge in [0.1, 0.15) is 0 Å². The Bertz CT molecular complexity index is 331. The zero-order valence-corrected chi connectivity index (χ0v) is 9.17. The molecule has 0 aromatic heterocycles. The van der Waals surface area contributed by atoms with Gasteiger partial charge in [-0.1, -0.05) is 51.6 Å². The van der Waals surface area contributed by atoms with E-state index in [0.29, 0.717) is 0 Å². The zero-order valence-electron chi connectivity index (χ0n) is 9.17. The van der Waals surface area contributed by atoms with E-state index in [1.165, 1.54) is 5.56 Å². The van der Waals surface area contributed by atoms with Gasteiger partial charge in [0, 0.05) is 0 Å². The summed E-state index contributed by atoms with van der Waals surface area (Å²) in [5, 5.41) is 9.08. The van der Waals surface area contributed by atoms with Crippen LogP contribution in [-0.4, -0.2) is 11.7 Å². The smallest absolute Gasteiger partial charge is 0.0682 e. The van der Waals surface area contributed by atoms with Crippen LogP contribution in [0, 0.1) is 0 Å². The molecule has 1 N–H and O–H groups in total. The minimum absolute atomic E-state index is 0.0209. The molecule has 14 heavy (non-hydrogen) atoms. The van der Waals surface area contributed by atoms with Gasteiger partial charge in [0.05, 0.1) is 6.61 Å². The van der Waals surface area contributed by atoms with Crippen LogP contribution in [0.4, 0.5) is 0 Å². The van der Waals surface area contributed by atoms with Gasteiger partial charge in [-0.3, -0.25) is 0 Å². The van der Waals surface area contributed by atoms with Crippen molar-refractivity contribution in [2.75, 3.05) is 6.61 Å². The van der Waals surface area contributed by atoms with Crippen LogP contribution in [0.1, 0.15) is 31.9 Å². The molecule has 1 aromatic carbocycles. The van der Waals surface area contributed by atoms with Gasteiger partial charge in [0.2, 0.25) is 0 Å². The van der Waals surface area contributed by atoms with Crippen LogP contribution in [0.3, 0.4) is 0 Å². The Kier molecular flexibility index (Phi) is 3.12. The molecule has 0 spiro atoms. The summed E-state index contributed by atoms with van der Waals surface area (Å²) in [4.78, 5) is 0. The third kappa shape index (κ3) is 2.24. The Morgan fingerprint density at radius 2 is 1.86 bits per heavy atom. The van der Waals surface area contributed by atoms with Gasteiger partial charge in [-0.15, -0.1) is 0 Å². The summed E-state index contributed by atoms with van der Waals surface area (Å²) in [6.07, 6.45) is 0. The van der Waals surface area contributed by atoms with Crippen molar-refractivity contribution in [3.8, 4) is 0 Å². The van der Waals surface area contributed by atoms with Gasteiger partial charge in [0.15, 0.2) is 0 Å². The Morgan fingerprint density at radius 3 is 2.36 bits per heavy atom. The Hall–Kier alpha value is -1.08. The van der Waals surface area contributed by atoms with E-state index < -0.39 is 0 Å². The molecular formula is C13H18O. The first kappa shape index (κ1) is 11.0. The number of hydrogen-bond acceptors (Lipinski definition) is 1. The summed E-state index contributed by atoms with van der Waals surface area (Å²) in [7, 11) is 0. The lowest BCUT2D eigenvalue weighted by atomic mass is 9.82. The Labute approximate surface area is 86.1 Å². The van der Waals surface area contributed by atoms with E-state index in [0.717, 1.165) is 11.1 Å². The average Bonchev–Trinajstić information content (AvgIpc) is 2.15. The van der Waals surface area contributed by atoms with Crippen molar-refractivity contribution in [3.63, 3.8) is 0 Å². The quantitative estimate of drug-likeness (QED) is 0.760. The number of rotatable bonds is 2. The van der Waals surface area contributed by atoms with Gasteiger partial charge in [-0.2, -0.15) is 0 Å². The summed E-state index contributed by atoms with van der Waals surface area (Å²) >= 11 is 0. The average molecular weight is 190 g/mol. The summed E-state index contributed by atoms with van der Waals surface area (Å²) in [5.41, 5.74) is 3.19. The maximum atomic E-state index is 9.08. The van der Waals surface area contributed by atoms with E-state index >= 15 is 0 Å². The van der Waals surface area contributed by atoms with Crippen molar-refractivity contribution in [1.82, 2.24) is 0 Å². The number of hydrogen-bond donors (Lipinski definition) is 1. The van der Waals surface area contributed by atoms with Crippen LogP contribution in [0.25, 0.3) is 5.57 Å². The molecule has 1 heteroatoms. The third-order valence-electron chi connectivity index (χ3n) is 2.31. The molecular weight excluding hydrogens is 172 g/mol. The van der Waals surface area contributed by atoms with Crippen LogP contribution in [0.15, 0.2) is 30.8 Å². The van der Waals surface area contributed by atoms with Crippen molar-refractivity contribution in [2.24, 2.45) is 0 Å². The van der Waals surface area contributed by atoms with E-state index in [2.05, 4.69) is 33.4 Å². The molecule has 0 unspecified atom stereocenters. The summed E-state index contributed by atoms with van der Waals surface area (Å²) < 4.78 is 0. The minimum atomic E-state index is 0.0209. The van der Waals surface area contributed by atoms with E-state index in [1.807, 2.05) is 18.2 Å². The highest BCUT2D eigenvalue weighted by Crippen LogP contribution is 2.29. The second kappa shape index (κ2) is 3.97. The molecule has 0 bridgehead atoms. The lowest BCUT2D eigenvalue weighted by molar-refractivity contribution is 0.350. The first-order chi connectivity index (χ1) is 6.46. The third-order valence-corrected chi connectivity index (χ3v) is 2.31. The van der Waals surface area contributed by atoms with Crippen molar-refractivity contribution < 1.29 is 5.11 Å². The maximum absolute atomic E-state index is 9.08. The zero-order chi connectivity index (χ0) is 10.8. The number of aliphatic hydroxyl groups excluding tert-OH is 1. The van der Waals surface area contributed by atoms with Crippen LogP contribution in [0.5, 0.6) is 0 Å². The minimum Gasteiger partial charge on any atom is -0.392 e. The standard InChI is InChI=1S/C13H18O/c1-10(9-14)11-7-5-6-8-12(11)13(2,3)4/h5-8,14H,1,9H2,2-4H3. The molecule has 0 atom stereocenters. The number of benzene rings is 1. The molecule has 0 aliphatic rings. The summed E-state index contributed by atoms with van der Waals surface area (Å²) in [6, 6.07) is 8.11. The molecule has 0 fully saturated rings. The molecule has 0 aliphatic heterocycles. The first-order valence-electron chi connectivity index (χ1n) is 4.85. The molecule has 0 heterocycles. The fourth-order valence-electron chi connectivity index (χ4n) is 1.53. The van der Waals surface area contributed by atoms with Crippen LogP contribution in [-0.2, 0) is 5.41 Å². The normalized spacial score (nSPS) is 11.4. The molecule has 0 saturated carbocycles. The van der Waals surface area contributed by atoms with Crippen molar-refractivity contribution in [1.29, 1.82) is 0 Å². The van der Waals surface area contributed by atoms with Crippen molar-refractivity contribution in [3.05, 3.63) is 42.0 Å². The SMILES string of the molecule is C=C(CO)c1ccccc1C(C)(C)C. The largest absolute Gasteiger partial charge is 0.392 e. The second-order valence-electron chi connectivity index (χ2n) is 4.56. The molecule has 1 rings (SSSR count). The summed E-state index contributed by atoms with van der Waals surface area (Å²) in [5.74, 6) is 0. The fourth-order valence-corrected chi connectivity index (χ4v) is 1.53. The lowest BCUT2D eigenvalue weighted by Gasteiger charge is -2.23. The second-order valence-corrected chi connectivity index (χ2v) is 4.56. The first-order valence-corrected chi connectivity index (χ1v) is 4.85. The molecule has 76 valence electrons. The Balaban J connectivity index is 3.23. The molecule has 1 aromatic rings. The Morgan fingerprint density at radius 1 is 1.29 bits per heavy atom. The number of aliphatic hydroxyl groups is 1. The molecule has 0 aliphatic carbocycles. The fraction of sp³-hybridized carbons (Fsp3) is 0.385. The lowest BCUT2D eigenvalue weighted by Crippen LogP contribution is -2.14. The highest BCUT2D eigenvalue weighted by Gasteiger charge is 2.17. The van der Waals surface area contributed by atoms with Gasteiger partial charge in [-0.25, -0.2) is 0 Å².